The lowest BCUT2D eigenvalue weighted by molar-refractivity contribution is 1.07. The molecule has 67 heavy (non-hydrogen) atoms. The highest BCUT2D eigenvalue weighted by molar-refractivity contribution is 7.21. The smallest absolute Gasteiger partial charge is 0.164 e. The molecule has 4 aromatic heterocycles. The Kier molecular flexibility index (Phi) is 10.0. The minimum Gasteiger partial charge on any atom is -0.309 e. The van der Waals surface area contributed by atoms with Gasteiger partial charge in [0.1, 0.15) is 5.01 Å². The zero-order valence-electron chi connectivity index (χ0n) is 36.9. The lowest BCUT2D eigenvalue weighted by Crippen LogP contribution is -2.00. The Morgan fingerprint density at radius 2 is 0.731 bits per heavy atom. The predicted molar refractivity (Wildman–Crippen MR) is 280 cm³/mol. The van der Waals surface area contributed by atoms with Gasteiger partial charge in [0.05, 0.1) is 32.3 Å². The Morgan fingerprint density at radius 1 is 0.313 bits per heavy atom. The summed E-state index contributed by atoms with van der Waals surface area (Å²) in [5.41, 5.74) is 14.1. The van der Waals surface area contributed by atoms with Crippen LogP contribution in [0.2, 0.25) is 0 Å². The largest absolute Gasteiger partial charge is 0.309 e. The van der Waals surface area contributed by atoms with Crippen LogP contribution in [-0.2, 0) is 0 Å². The minimum absolute atomic E-state index is 0.633. The molecule has 0 amide bonds. The maximum Gasteiger partial charge on any atom is 0.164 e. The van der Waals surface area contributed by atoms with Crippen molar-refractivity contribution in [2.45, 2.75) is 13.8 Å². The maximum atomic E-state index is 5.12. The van der Waals surface area contributed by atoms with Crippen LogP contribution in [0.4, 0.5) is 0 Å². The summed E-state index contributed by atoms with van der Waals surface area (Å²) >= 11 is 1.75. The first kappa shape index (κ1) is 40.0. The third-order valence-corrected chi connectivity index (χ3v) is 13.5. The lowest BCUT2D eigenvalue weighted by atomic mass is 10.0. The molecular formula is C60H42N6S. The molecule has 0 aliphatic heterocycles. The van der Waals surface area contributed by atoms with Gasteiger partial charge in [0, 0.05) is 55.2 Å². The molecule has 318 valence electrons. The first-order valence-electron chi connectivity index (χ1n) is 22.7. The molecule has 0 aliphatic carbocycles. The van der Waals surface area contributed by atoms with Gasteiger partial charge in [0.25, 0.3) is 0 Å². The first-order valence-corrected chi connectivity index (χ1v) is 23.5. The lowest BCUT2D eigenvalue weighted by Gasteiger charge is -2.11. The van der Waals surface area contributed by atoms with Gasteiger partial charge in [0.15, 0.2) is 17.5 Å². The minimum atomic E-state index is 0.633. The van der Waals surface area contributed by atoms with Crippen LogP contribution in [0.1, 0.15) is 13.8 Å². The van der Waals surface area contributed by atoms with E-state index < -0.39 is 0 Å². The van der Waals surface area contributed by atoms with E-state index in [0.717, 1.165) is 60.7 Å². The van der Waals surface area contributed by atoms with E-state index >= 15 is 0 Å². The number of aromatic nitrogens is 6. The highest BCUT2D eigenvalue weighted by Crippen LogP contribution is 2.41. The molecule has 4 heterocycles. The Bertz CT molecular complexity index is 3860. The molecule has 0 bridgehead atoms. The van der Waals surface area contributed by atoms with Gasteiger partial charge >= 0.3 is 0 Å². The zero-order chi connectivity index (χ0) is 44.8. The van der Waals surface area contributed by atoms with E-state index in [1.165, 1.54) is 42.9 Å². The van der Waals surface area contributed by atoms with Crippen LogP contribution in [0, 0.1) is 0 Å². The molecule has 7 heteroatoms. The molecule has 0 aliphatic rings. The van der Waals surface area contributed by atoms with Crippen LogP contribution in [0.3, 0.4) is 0 Å². The van der Waals surface area contributed by atoms with Crippen LogP contribution < -0.4 is 0 Å². The van der Waals surface area contributed by atoms with Gasteiger partial charge in [-0.1, -0.05) is 153 Å². The van der Waals surface area contributed by atoms with E-state index in [-0.39, 0.29) is 0 Å². The van der Waals surface area contributed by atoms with Crippen molar-refractivity contribution in [2.24, 2.45) is 0 Å². The van der Waals surface area contributed by atoms with Crippen LogP contribution in [0.25, 0.3) is 121 Å². The quantitative estimate of drug-likeness (QED) is 0.160. The van der Waals surface area contributed by atoms with Crippen molar-refractivity contribution >= 4 is 65.2 Å². The summed E-state index contributed by atoms with van der Waals surface area (Å²) < 4.78 is 5.91. The number of fused-ring (bicyclic) bond motifs is 7. The standard InChI is InChI=1S/C58H36N6S.C2H6/c1-5-15-37(16-6-1)55-60-56(38-17-7-2-8-18-38)62-57(61-55)39-25-29-44(30-26-39)63-50-24-14-13-23-45(50)46-33-41(27-31-51(46)63)42-28-32-52-47(34-42)48-35-54-49(59-58(65-54)40-19-9-3-10-20-40)36-53(48)64(52)43-21-11-4-12-22-43;1-2/h1-36H;1-2H3. The van der Waals surface area contributed by atoms with Gasteiger partial charge in [-0.25, -0.2) is 19.9 Å². The third kappa shape index (κ3) is 7.04. The summed E-state index contributed by atoms with van der Waals surface area (Å²) in [5.74, 6) is 1.92. The first-order chi connectivity index (χ1) is 33.2. The third-order valence-electron chi connectivity index (χ3n) is 12.4. The van der Waals surface area contributed by atoms with Crippen molar-refractivity contribution in [3.8, 4) is 67.2 Å². The maximum absolute atomic E-state index is 5.12. The molecule has 13 rings (SSSR count). The van der Waals surface area contributed by atoms with Crippen molar-refractivity contribution in [1.29, 1.82) is 0 Å². The number of hydrogen-bond acceptors (Lipinski definition) is 5. The molecule has 0 unspecified atom stereocenters. The van der Waals surface area contributed by atoms with Crippen molar-refractivity contribution in [1.82, 2.24) is 29.1 Å². The summed E-state index contributed by atoms with van der Waals surface area (Å²) in [6.07, 6.45) is 0. The van der Waals surface area contributed by atoms with Crippen LogP contribution in [0.5, 0.6) is 0 Å². The average molecular weight is 879 g/mol. The van der Waals surface area contributed by atoms with E-state index in [1.54, 1.807) is 11.3 Å². The normalized spacial score (nSPS) is 11.4. The Hall–Kier alpha value is -8.52. The molecule has 6 nitrogen and oxygen atoms in total. The Morgan fingerprint density at radius 3 is 1.31 bits per heavy atom. The van der Waals surface area contributed by atoms with Crippen LogP contribution in [0.15, 0.2) is 218 Å². The fourth-order valence-electron chi connectivity index (χ4n) is 9.31. The predicted octanol–water partition coefficient (Wildman–Crippen LogP) is 16.0. The molecule has 0 saturated heterocycles. The summed E-state index contributed by atoms with van der Waals surface area (Å²) in [6.45, 7) is 4.00. The van der Waals surface area contributed by atoms with Gasteiger partial charge in [0.2, 0.25) is 0 Å². The van der Waals surface area contributed by atoms with E-state index in [1.807, 2.05) is 74.5 Å². The molecule has 9 aromatic carbocycles. The number of thiazole rings is 1. The van der Waals surface area contributed by atoms with E-state index in [0.29, 0.717) is 17.5 Å². The molecular weight excluding hydrogens is 837 g/mol. The second-order valence-electron chi connectivity index (χ2n) is 16.3. The van der Waals surface area contributed by atoms with Crippen molar-refractivity contribution in [3.05, 3.63) is 218 Å². The topological polar surface area (TPSA) is 61.4 Å². The number of benzene rings is 9. The summed E-state index contributed by atoms with van der Waals surface area (Å²) in [7, 11) is 0. The van der Waals surface area contributed by atoms with Gasteiger partial charge in [-0.15, -0.1) is 11.3 Å². The molecule has 0 N–H and O–H groups in total. The highest BCUT2D eigenvalue weighted by Gasteiger charge is 2.19. The Labute approximate surface area is 391 Å². The van der Waals surface area contributed by atoms with Gasteiger partial charge < -0.3 is 9.13 Å². The number of para-hydroxylation sites is 2. The summed E-state index contributed by atoms with van der Waals surface area (Å²) in [6, 6.07) is 77.0. The molecule has 0 radical (unpaired) electrons. The second-order valence-corrected chi connectivity index (χ2v) is 17.3. The summed E-state index contributed by atoms with van der Waals surface area (Å²) in [4.78, 5) is 20.0. The molecule has 13 aromatic rings. The Balaban J connectivity index is 0.00000231. The van der Waals surface area contributed by atoms with Crippen molar-refractivity contribution < 1.29 is 0 Å². The molecule has 0 fully saturated rings. The SMILES string of the molecule is CC.c1ccc(-c2nc(-c3ccccc3)nc(-c3ccc(-n4c5ccccc5c5cc(-c6ccc7c(c6)c6cc8sc(-c9ccccc9)nc8cc6n7-c6ccccc6)ccc54)cc3)n2)cc1. The van der Waals surface area contributed by atoms with Crippen LogP contribution >= 0.6 is 11.3 Å². The number of hydrogen-bond donors (Lipinski definition) is 0. The van der Waals surface area contributed by atoms with E-state index in [4.69, 9.17) is 19.9 Å². The van der Waals surface area contributed by atoms with Gasteiger partial charge in [-0.3, -0.25) is 0 Å². The molecule has 0 saturated carbocycles. The van der Waals surface area contributed by atoms with Crippen molar-refractivity contribution in [3.63, 3.8) is 0 Å². The summed E-state index contributed by atoms with van der Waals surface area (Å²) in [5, 5.41) is 5.86. The fraction of sp³-hybridized carbons (Fsp3) is 0.0333. The van der Waals surface area contributed by atoms with E-state index in [9.17, 15) is 0 Å². The van der Waals surface area contributed by atoms with Gasteiger partial charge in [-0.2, -0.15) is 0 Å². The highest BCUT2D eigenvalue weighted by atomic mass is 32.1. The average Bonchev–Trinajstić information content (AvgIpc) is 4.09. The van der Waals surface area contributed by atoms with Crippen molar-refractivity contribution in [2.75, 3.05) is 0 Å². The van der Waals surface area contributed by atoms with Crippen LogP contribution in [-0.4, -0.2) is 29.1 Å². The monoisotopic (exact) mass is 878 g/mol. The number of nitrogens with zero attached hydrogens (tertiary/aromatic N) is 6. The zero-order valence-corrected chi connectivity index (χ0v) is 37.7. The van der Waals surface area contributed by atoms with E-state index in [2.05, 4.69) is 167 Å². The fourth-order valence-corrected chi connectivity index (χ4v) is 10.3. The number of rotatable bonds is 7. The molecule has 0 atom stereocenters. The van der Waals surface area contributed by atoms with Gasteiger partial charge in [-0.05, 0) is 90.0 Å². The molecule has 0 spiro atoms. The second kappa shape index (κ2) is 16.8.